The Morgan fingerprint density at radius 1 is 1.32 bits per heavy atom. The number of halogens is 1. The third-order valence-electron chi connectivity index (χ3n) is 2.50. The summed E-state index contributed by atoms with van der Waals surface area (Å²) in [4.78, 5) is 3.94. The van der Waals surface area contributed by atoms with Crippen molar-refractivity contribution in [3.8, 4) is 17.2 Å². The van der Waals surface area contributed by atoms with Gasteiger partial charge in [-0.15, -0.1) is 0 Å². The monoisotopic (exact) mass is 324 g/mol. The predicted molar refractivity (Wildman–Crippen MR) is 75.3 cm³/mol. The second-order valence-corrected chi connectivity index (χ2v) is 4.64. The molecular weight excluding hydrogens is 312 g/mol. The maximum Gasteiger partial charge on any atom is 0.169 e. The number of nitrogen functional groups attached to an aromatic ring is 1. The lowest BCUT2D eigenvalue weighted by atomic mass is 10.2. The lowest BCUT2D eigenvalue weighted by Crippen LogP contribution is -1.97. The number of hydrogen-bond acceptors (Lipinski definition) is 5. The van der Waals surface area contributed by atoms with Crippen molar-refractivity contribution < 1.29 is 14.6 Å². The maximum atomic E-state index is 9.09. The van der Waals surface area contributed by atoms with Gasteiger partial charge in [0.15, 0.2) is 17.2 Å². The van der Waals surface area contributed by atoms with Crippen LogP contribution in [0.25, 0.3) is 0 Å². The minimum Gasteiger partial charge on any atom is -0.493 e. The highest BCUT2D eigenvalue weighted by Crippen LogP contribution is 2.38. The molecule has 6 heteroatoms. The molecule has 0 aliphatic rings. The fraction of sp³-hybridized carbons (Fsp3) is 0.154. The van der Waals surface area contributed by atoms with Crippen LogP contribution in [0.2, 0.25) is 0 Å². The second kappa shape index (κ2) is 5.90. The molecule has 2 aromatic rings. The average Bonchev–Trinajstić information content (AvgIpc) is 2.43. The number of aromatic nitrogens is 1. The molecule has 0 unspecified atom stereocenters. The van der Waals surface area contributed by atoms with Crippen LogP contribution >= 0.6 is 15.9 Å². The zero-order valence-corrected chi connectivity index (χ0v) is 11.8. The van der Waals surface area contributed by atoms with Crippen LogP contribution < -0.4 is 15.2 Å². The van der Waals surface area contributed by atoms with E-state index in [-0.39, 0.29) is 6.61 Å². The van der Waals surface area contributed by atoms with Crippen molar-refractivity contribution in [2.45, 2.75) is 6.61 Å². The van der Waals surface area contributed by atoms with E-state index in [4.69, 9.17) is 20.3 Å². The number of hydrogen-bond donors (Lipinski definition) is 2. The Balaban J connectivity index is 2.38. The van der Waals surface area contributed by atoms with Crippen LogP contribution in [0, 0.1) is 0 Å². The van der Waals surface area contributed by atoms with Crippen LogP contribution in [0.1, 0.15) is 5.56 Å². The molecule has 2 rings (SSSR count). The summed E-state index contributed by atoms with van der Waals surface area (Å²) in [5.41, 5.74) is 6.98. The van der Waals surface area contributed by atoms with E-state index in [0.717, 1.165) is 5.56 Å². The van der Waals surface area contributed by atoms with E-state index in [1.807, 2.05) is 0 Å². The number of aliphatic hydroxyl groups is 1. The summed E-state index contributed by atoms with van der Waals surface area (Å²) in [6.07, 6.45) is 3.11. The number of nitrogens with zero attached hydrogens (tertiary/aromatic N) is 1. The molecule has 0 atom stereocenters. The first-order valence-corrected chi connectivity index (χ1v) is 6.29. The Labute approximate surface area is 119 Å². The third-order valence-corrected chi connectivity index (χ3v) is 3.07. The second-order valence-electron chi connectivity index (χ2n) is 3.79. The van der Waals surface area contributed by atoms with Gasteiger partial charge in [-0.2, -0.15) is 0 Å². The summed E-state index contributed by atoms with van der Waals surface area (Å²) in [6.45, 7) is -0.0578. The summed E-state index contributed by atoms with van der Waals surface area (Å²) in [7, 11) is 1.54. The van der Waals surface area contributed by atoms with Gasteiger partial charge in [-0.1, -0.05) is 6.07 Å². The van der Waals surface area contributed by atoms with Crippen molar-refractivity contribution in [1.82, 2.24) is 4.98 Å². The number of benzene rings is 1. The molecular formula is C13H13BrN2O3. The van der Waals surface area contributed by atoms with Crippen molar-refractivity contribution in [1.29, 1.82) is 0 Å². The first kappa shape index (κ1) is 13.6. The number of nitrogens with two attached hydrogens (primary N) is 1. The van der Waals surface area contributed by atoms with E-state index < -0.39 is 0 Å². The molecule has 5 nitrogen and oxygen atoms in total. The quantitative estimate of drug-likeness (QED) is 0.904. The number of ether oxygens (including phenoxy) is 2. The topological polar surface area (TPSA) is 77.6 Å². The lowest BCUT2D eigenvalue weighted by Gasteiger charge is -2.13. The predicted octanol–water partition coefficient (Wildman–Crippen LogP) is 2.72. The van der Waals surface area contributed by atoms with E-state index in [1.54, 1.807) is 24.4 Å². The van der Waals surface area contributed by atoms with Gasteiger partial charge in [0.1, 0.15) is 0 Å². The number of aliphatic hydroxyl groups excluding tert-OH is 1. The van der Waals surface area contributed by atoms with Crippen molar-refractivity contribution in [2.75, 3.05) is 12.8 Å². The number of methoxy groups -OCH3 is 1. The zero-order chi connectivity index (χ0) is 13.8. The number of rotatable bonds is 4. The Bertz CT molecular complexity index is 570. The van der Waals surface area contributed by atoms with Gasteiger partial charge in [-0.25, -0.2) is 0 Å². The molecule has 0 bridgehead atoms. The molecule has 19 heavy (non-hydrogen) atoms. The van der Waals surface area contributed by atoms with Crippen molar-refractivity contribution >= 4 is 21.6 Å². The molecule has 0 aliphatic heterocycles. The van der Waals surface area contributed by atoms with Crippen molar-refractivity contribution in [2.24, 2.45) is 0 Å². The zero-order valence-electron chi connectivity index (χ0n) is 10.3. The molecule has 1 aromatic heterocycles. The van der Waals surface area contributed by atoms with Crippen LogP contribution in [0.3, 0.4) is 0 Å². The van der Waals surface area contributed by atoms with E-state index in [1.165, 1.54) is 13.3 Å². The molecule has 0 amide bonds. The van der Waals surface area contributed by atoms with Crippen molar-refractivity contribution in [3.05, 3.63) is 40.6 Å². The minimum atomic E-state index is -0.0578. The van der Waals surface area contributed by atoms with Gasteiger partial charge in [0.25, 0.3) is 0 Å². The summed E-state index contributed by atoms with van der Waals surface area (Å²) in [5.74, 6) is 1.51. The molecule has 0 fully saturated rings. The maximum absolute atomic E-state index is 9.09. The molecule has 1 aromatic carbocycles. The molecule has 0 saturated carbocycles. The van der Waals surface area contributed by atoms with E-state index in [2.05, 4.69) is 20.9 Å². The molecule has 3 N–H and O–H groups in total. The van der Waals surface area contributed by atoms with Gasteiger partial charge in [0.05, 0.1) is 30.1 Å². The first-order valence-electron chi connectivity index (χ1n) is 5.50. The highest BCUT2D eigenvalue weighted by molar-refractivity contribution is 9.10. The number of pyridine rings is 1. The van der Waals surface area contributed by atoms with Gasteiger partial charge >= 0.3 is 0 Å². The molecule has 0 radical (unpaired) electrons. The molecule has 0 spiro atoms. The fourth-order valence-corrected chi connectivity index (χ4v) is 1.98. The van der Waals surface area contributed by atoms with E-state index in [0.29, 0.717) is 27.4 Å². The van der Waals surface area contributed by atoms with Crippen LogP contribution in [-0.4, -0.2) is 17.2 Å². The Morgan fingerprint density at radius 2 is 2.11 bits per heavy atom. The van der Waals surface area contributed by atoms with E-state index >= 15 is 0 Å². The SMILES string of the molecule is COc1cc(CO)ccc1Oc1c(N)cncc1Br. The van der Waals surface area contributed by atoms with Crippen LogP contribution in [0.15, 0.2) is 35.1 Å². The lowest BCUT2D eigenvalue weighted by molar-refractivity contribution is 0.280. The Hall–Kier alpha value is -1.79. The number of anilines is 1. The standard InChI is InChI=1S/C13H13BrN2O3/c1-18-12-4-8(7-17)2-3-11(12)19-13-9(14)5-16-6-10(13)15/h2-6,17H,7,15H2,1H3. The molecule has 100 valence electrons. The first-order chi connectivity index (χ1) is 9.15. The van der Waals surface area contributed by atoms with Crippen molar-refractivity contribution in [3.63, 3.8) is 0 Å². The summed E-state index contributed by atoms with van der Waals surface area (Å²) in [6, 6.07) is 5.18. The summed E-state index contributed by atoms with van der Waals surface area (Å²) < 4.78 is 11.6. The average molecular weight is 325 g/mol. The smallest absolute Gasteiger partial charge is 0.169 e. The Kier molecular flexibility index (Phi) is 4.24. The fourth-order valence-electron chi connectivity index (χ4n) is 1.55. The molecule has 1 heterocycles. The van der Waals surface area contributed by atoms with E-state index in [9.17, 15) is 0 Å². The van der Waals surface area contributed by atoms with Crippen LogP contribution in [0.4, 0.5) is 5.69 Å². The molecule has 0 saturated heterocycles. The summed E-state index contributed by atoms with van der Waals surface area (Å²) in [5, 5.41) is 9.09. The highest BCUT2D eigenvalue weighted by atomic mass is 79.9. The van der Waals surface area contributed by atoms with Gasteiger partial charge in [-0.3, -0.25) is 4.98 Å². The minimum absolute atomic E-state index is 0.0578. The Morgan fingerprint density at radius 3 is 2.74 bits per heavy atom. The molecule has 0 aliphatic carbocycles. The van der Waals surface area contributed by atoms with Gasteiger partial charge in [0, 0.05) is 6.20 Å². The van der Waals surface area contributed by atoms with Crippen LogP contribution in [-0.2, 0) is 6.61 Å². The largest absolute Gasteiger partial charge is 0.493 e. The van der Waals surface area contributed by atoms with Gasteiger partial charge in [0.2, 0.25) is 0 Å². The highest BCUT2D eigenvalue weighted by Gasteiger charge is 2.11. The third kappa shape index (κ3) is 2.97. The van der Waals surface area contributed by atoms with Gasteiger partial charge in [-0.05, 0) is 33.6 Å². The van der Waals surface area contributed by atoms with Crippen LogP contribution in [0.5, 0.6) is 17.2 Å². The summed E-state index contributed by atoms with van der Waals surface area (Å²) >= 11 is 3.33. The normalized spacial score (nSPS) is 10.3. The van der Waals surface area contributed by atoms with Gasteiger partial charge < -0.3 is 20.3 Å².